The summed E-state index contributed by atoms with van der Waals surface area (Å²) >= 11 is 1.37. The molecule has 5 nitrogen and oxygen atoms in total. The summed E-state index contributed by atoms with van der Waals surface area (Å²) in [6.45, 7) is 3.47. The molecular weight excluding hydrogens is 278 g/mol. The van der Waals surface area contributed by atoms with Crippen molar-refractivity contribution in [3.05, 3.63) is 24.3 Å². The van der Waals surface area contributed by atoms with E-state index in [0.717, 1.165) is 10.6 Å². The molecule has 0 aromatic heterocycles. The highest BCUT2D eigenvalue weighted by atomic mass is 32.2. The molecule has 0 bridgehead atoms. The van der Waals surface area contributed by atoms with Gasteiger partial charge in [0.2, 0.25) is 5.91 Å². The van der Waals surface area contributed by atoms with Crippen LogP contribution in [0.2, 0.25) is 0 Å². The summed E-state index contributed by atoms with van der Waals surface area (Å²) in [5.41, 5.74) is 0. The maximum atomic E-state index is 11.9. The second kappa shape index (κ2) is 7.79. The minimum atomic E-state index is -1.01. The fraction of sp³-hybridized carbons (Fsp3) is 0.429. The Morgan fingerprint density at radius 3 is 2.40 bits per heavy atom. The minimum Gasteiger partial charge on any atom is -0.497 e. The Morgan fingerprint density at radius 2 is 1.95 bits per heavy atom. The number of carbonyl (C=O) groups excluding carboxylic acids is 1. The van der Waals surface area contributed by atoms with E-state index in [0.29, 0.717) is 6.42 Å². The van der Waals surface area contributed by atoms with Crippen LogP contribution in [-0.4, -0.2) is 35.4 Å². The van der Waals surface area contributed by atoms with E-state index in [4.69, 9.17) is 9.84 Å². The number of carboxylic acids is 1. The van der Waals surface area contributed by atoms with Crippen molar-refractivity contribution in [2.75, 3.05) is 7.11 Å². The van der Waals surface area contributed by atoms with Crippen molar-refractivity contribution in [2.45, 2.75) is 36.5 Å². The van der Waals surface area contributed by atoms with Crippen LogP contribution >= 0.6 is 11.8 Å². The molecule has 110 valence electrons. The lowest BCUT2D eigenvalue weighted by atomic mass is 10.2. The number of carboxylic acid groups (broad SMARTS) is 1. The number of thioether (sulfide) groups is 1. The fourth-order valence-corrected chi connectivity index (χ4v) is 2.42. The van der Waals surface area contributed by atoms with Gasteiger partial charge in [-0.05, 0) is 37.6 Å². The van der Waals surface area contributed by atoms with E-state index in [-0.39, 0.29) is 11.2 Å². The third-order valence-corrected chi connectivity index (χ3v) is 3.88. The molecule has 20 heavy (non-hydrogen) atoms. The van der Waals surface area contributed by atoms with Crippen molar-refractivity contribution in [2.24, 2.45) is 0 Å². The van der Waals surface area contributed by atoms with Gasteiger partial charge >= 0.3 is 5.97 Å². The Labute approximate surface area is 122 Å². The van der Waals surface area contributed by atoms with Crippen LogP contribution in [0.3, 0.4) is 0 Å². The van der Waals surface area contributed by atoms with E-state index >= 15 is 0 Å². The number of aliphatic carboxylic acids is 1. The van der Waals surface area contributed by atoms with Gasteiger partial charge < -0.3 is 15.2 Å². The molecule has 1 aromatic carbocycles. The maximum Gasteiger partial charge on any atom is 0.326 e. The van der Waals surface area contributed by atoms with Crippen LogP contribution in [0.25, 0.3) is 0 Å². The van der Waals surface area contributed by atoms with Crippen LogP contribution in [0.15, 0.2) is 29.2 Å². The molecular formula is C14H19NO4S. The molecule has 0 aliphatic rings. The van der Waals surface area contributed by atoms with Gasteiger partial charge in [0.15, 0.2) is 0 Å². The highest BCUT2D eigenvalue weighted by molar-refractivity contribution is 8.00. The molecule has 0 radical (unpaired) electrons. The Balaban J connectivity index is 2.58. The number of amides is 1. The second-order valence-electron chi connectivity index (χ2n) is 4.24. The normalized spacial score (nSPS) is 13.3. The fourth-order valence-electron chi connectivity index (χ4n) is 1.54. The van der Waals surface area contributed by atoms with Crippen LogP contribution in [0.1, 0.15) is 20.3 Å². The van der Waals surface area contributed by atoms with E-state index in [2.05, 4.69) is 5.32 Å². The predicted molar refractivity (Wildman–Crippen MR) is 78.2 cm³/mol. The molecule has 1 aromatic rings. The van der Waals surface area contributed by atoms with Gasteiger partial charge in [0.25, 0.3) is 0 Å². The number of rotatable bonds is 7. The number of hydrogen-bond donors (Lipinski definition) is 2. The lowest BCUT2D eigenvalue weighted by Crippen LogP contribution is -2.43. The molecule has 2 unspecified atom stereocenters. The average molecular weight is 297 g/mol. The summed E-state index contributed by atoms with van der Waals surface area (Å²) in [7, 11) is 1.59. The number of benzene rings is 1. The van der Waals surface area contributed by atoms with Crippen LogP contribution in [0.4, 0.5) is 0 Å². The topological polar surface area (TPSA) is 75.6 Å². The van der Waals surface area contributed by atoms with Crippen molar-refractivity contribution < 1.29 is 19.4 Å². The Morgan fingerprint density at radius 1 is 1.35 bits per heavy atom. The first kappa shape index (κ1) is 16.4. The van der Waals surface area contributed by atoms with Crippen molar-refractivity contribution in [1.29, 1.82) is 0 Å². The number of hydrogen-bond acceptors (Lipinski definition) is 4. The van der Waals surface area contributed by atoms with Crippen LogP contribution < -0.4 is 10.1 Å². The van der Waals surface area contributed by atoms with Crippen molar-refractivity contribution in [3.63, 3.8) is 0 Å². The highest BCUT2D eigenvalue weighted by Gasteiger charge is 2.21. The Bertz CT molecular complexity index is 461. The molecule has 0 saturated carbocycles. The summed E-state index contributed by atoms with van der Waals surface area (Å²) in [5, 5.41) is 11.1. The van der Waals surface area contributed by atoms with E-state index in [1.165, 1.54) is 11.8 Å². The van der Waals surface area contributed by atoms with Gasteiger partial charge in [-0.25, -0.2) is 4.79 Å². The van der Waals surface area contributed by atoms with Gasteiger partial charge in [-0.1, -0.05) is 6.92 Å². The highest BCUT2D eigenvalue weighted by Crippen LogP contribution is 2.25. The predicted octanol–water partition coefficient (Wildman–Crippen LogP) is 2.16. The molecule has 0 aliphatic carbocycles. The summed E-state index contributed by atoms with van der Waals surface area (Å²) in [5.74, 6) is -0.536. The summed E-state index contributed by atoms with van der Waals surface area (Å²) in [6, 6.07) is 6.53. The van der Waals surface area contributed by atoms with Crippen LogP contribution in [-0.2, 0) is 9.59 Å². The van der Waals surface area contributed by atoms with Crippen LogP contribution in [0.5, 0.6) is 5.75 Å². The molecule has 0 saturated heterocycles. The zero-order chi connectivity index (χ0) is 15.1. The van der Waals surface area contributed by atoms with E-state index in [9.17, 15) is 9.59 Å². The molecule has 0 spiro atoms. The van der Waals surface area contributed by atoms with Gasteiger partial charge in [-0.3, -0.25) is 4.79 Å². The van der Waals surface area contributed by atoms with Crippen molar-refractivity contribution in [1.82, 2.24) is 5.32 Å². The number of carbonyl (C=O) groups is 2. The number of methoxy groups -OCH3 is 1. The summed E-state index contributed by atoms with van der Waals surface area (Å²) in [6.07, 6.45) is 0.362. The van der Waals surface area contributed by atoms with Crippen molar-refractivity contribution >= 4 is 23.6 Å². The average Bonchev–Trinajstić information content (AvgIpc) is 2.44. The van der Waals surface area contributed by atoms with E-state index in [1.54, 1.807) is 21.0 Å². The van der Waals surface area contributed by atoms with E-state index in [1.807, 2.05) is 24.3 Å². The SMILES string of the molecule is CCC(NC(=O)C(C)Sc1ccc(OC)cc1)C(=O)O. The van der Waals surface area contributed by atoms with E-state index < -0.39 is 12.0 Å². The maximum absolute atomic E-state index is 11.9. The molecule has 2 atom stereocenters. The lowest BCUT2D eigenvalue weighted by molar-refractivity contribution is -0.141. The zero-order valence-corrected chi connectivity index (χ0v) is 12.6. The molecule has 0 aliphatic heterocycles. The van der Waals surface area contributed by atoms with Gasteiger partial charge in [-0.2, -0.15) is 0 Å². The summed E-state index contributed by atoms with van der Waals surface area (Å²) in [4.78, 5) is 23.7. The smallest absolute Gasteiger partial charge is 0.326 e. The molecule has 1 amide bonds. The quantitative estimate of drug-likeness (QED) is 0.754. The molecule has 1 rings (SSSR count). The third-order valence-electron chi connectivity index (χ3n) is 2.76. The molecule has 0 heterocycles. The monoisotopic (exact) mass is 297 g/mol. The Kier molecular flexibility index (Phi) is 6.38. The zero-order valence-electron chi connectivity index (χ0n) is 11.8. The minimum absolute atomic E-state index is 0.278. The number of nitrogens with one attached hydrogen (secondary N) is 1. The van der Waals surface area contributed by atoms with Gasteiger partial charge in [-0.15, -0.1) is 11.8 Å². The first-order chi connectivity index (χ1) is 9.47. The van der Waals surface area contributed by atoms with Gasteiger partial charge in [0.1, 0.15) is 11.8 Å². The standard InChI is InChI=1S/C14H19NO4S/c1-4-12(14(17)18)15-13(16)9(2)20-11-7-5-10(19-3)6-8-11/h5-9,12H,4H2,1-3H3,(H,15,16)(H,17,18). The van der Waals surface area contributed by atoms with Crippen molar-refractivity contribution in [3.8, 4) is 5.75 Å². The first-order valence-electron chi connectivity index (χ1n) is 6.31. The lowest BCUT2D eigenvalue weighted by Gasteiger charge is -2.16. The molecule has 0 fully saturated rings. The largest absolute Gasteiger partial charge is 0.497 e. The van der Waals surface area contributed by atoms with Gasteiger partial charge in [0.05, 0.1) is 12.4 Å². The Hall–Kier alpha value is -1.69. The second-order valence-corrected chi connectivity index (χ2v) is 5.66. The third kappa shape index (κ3) is 4.77. The molecule has 6 heteroatoms. The van der Waals surface area contributed by atoms with Crippen LogP contribution in [0, 0.1) is 0 Å². The first-order valence-corrected chi connectivity index (χ1v) is 7.19. The molecule has 2 N–H and O–H groups in total. The van der Waals surface area contributed by atoms with Gasteiger partial charge in [0, 0.05) is 4.90 Å². The summed E-state index contributed by atoms with van der Waals surface area (Å²) < 4.78 is 5.06. The number of ether oxygens (including phenoxy) is 1.